The lowest BCUT2D eigenvalue weighted by Crippen LogP contribution is -2.51. The van der Waals surface area contributed by atoms with Gasteiger partial charge in [0.1, 0.15) is 12.1 Å². The Morgan fingerprint density at radius 1 is 1.10 bits per heavy atom. The molecule has 1 spiro atoms. The lowest BCUT2D eigenvalue weighted by atomic mass is 9.87. The van der Waals surface area contributed by atoms with Gasteiger partial charge in [0.15, 0.2) is 5.65 Å². The van der Waals surface area contributed by atoms with Gasteiger partial charge in [-0.1, -0.05) is 13.8 Å². The zero-order valence-corrected chi connectivity index (χ0v) is 24.6. The molecule has 3 saturated heterocycles. The number of aromatic amines is 1. The fraction of sp³-hybridized carbons (Fsp3) is 0.548. The summed E-state index contributed by atoms with van der Waals surface area (Å²) in [5.74, 6) is 1.50. The maximum atomic E-state index is 13.2. The van der Waals surface area contributed by atoms with E-state index in [1.54, 1.807) is 6.33 Å². The second-order valence-electron chi connectivity index (χ2n) is 12.6. The maximum Gasteiger partial charge on any atom is 0.236 e. The highest BCUT2D eigenvalue weighted by atomic mass is 16.5. The molecule has 7 heterocycles. The number of pyridine rings is 2. The first-order chi connectivity index (χ1) is 19.8. The number of nitrogens with zero attached hydrogens (tertiary/aromatic N) is 7. The molecule has 216 valence electrons. The number of hydrogen-bond donors (Lipinski definition) is 1. The molecule has 1 amide bonds. The summed E-state index contributed by atoms with van der Waals surface area (Å²) in [5.41, 5.74) is 8.99. The average Bonchev–Trinajstić information content (AvgIpc) is 3.77. The van der Waals surface area contributed by atoms with E-state index in [1.807, 2.05) is 9.42 Å². The van der Waals surface area contributed by atoms with Gasteiger partial charge < -0.3 is 19.5 Å². The van der Waals surface area contributed by atoms with Crippen LogP contribution in [0.1, 0.15) is 49.3 Å². The molecule has 1 unspecified atom stereocenters. The minimum atomic E-state index is 0.247. The van der Waals surface area contributed by atoms with Crippen molar-refractivity contribution in [2.45, 2.75) is 46.5 Å². The van der Waals surface area contributed by atoms with Crippen molar-refractivity contribution in [3.63, 3.8) is 0 Å². The second-order valence-corrected chi connectivity index (χ2v) is 12.6. The molecule has 41 heavy (non-hydrogen) atoms. The molecule has 1 N–H and O–H groups in total. The van der Waals surface area contributed by atoms with Crippen molar-refractivity contribution >= 4 is 28.4 Å². The Morgan fingerprint density at radius 2 is 1.93 bits per heavy atom. The number of hydrogen-bond acceptors (Lipinski definition) is 7. The van der Waals surface area contributed by atoms with Crippen LogP contribution in [-0.2, 0) is 9.53 Å². The van der Waals surface area contributed by atoms with Crippen LogP contribution in [-0.4, -0.2) is 99.3 Å². The average molecular weight is 557 g/mol. The Morgan fingerprint density at radius 3 is 2.68 bits per heavy atom. The fourth-order valence-corrected chi connectivity index (χ4v) is 7.09. The highest BCUT2D eigenvalue weighted by Gasteiger charge is 2.42. The normalized spacial score (nSPS) is 21.9. The van der Waals surface area contributed by atoms with Crippen LogP contribution in [0, 0.1) is 19.3 Å². The summed E-state index contributed by atoms with van der Waals surface area (Å²) in [6, 6.07) is 4.26. The highest BCUT2D eigenvalue weighted by Crippen LogP contribution is 2.39. The molecule has 4 aromatic heterocycles. The molecule has 4 aromatic rings. The number of fused-ring (bicyclic) bond motifs is 2. The van der Waals surface area contributed by atoms with Crippen LogP contribution in [0.15, 0.2) is 24.7 Å². The molecule has 3 fully saturated rings. The third kappa shape index (κ3) is 4.57. The number of likely N-dealkylation sites (tertiary alicyclic amines) is 1. The summed E-state index contributed by atoms with van der Waals surface area (Å²) in [6.07, 6.45) is 5.96. The number of amides is 1. The van der Waals surface area contributed by atoms with E-state index in [-0.39, 0.29) is 17.2 Å². The van der Waals surface area contributed by atoms with Gasteiger partial charge in [-0.3, -0.25) is 9.69 Å². The number of carbonyl (C=O) groups is 1. The smallest absolute Gasteiger partial charge is 0.236 e. The van der Waals surface area contributed by atoms with Gasteiger partial charge >= 0.3 is 0 Å². The zero-order valence-electron chi connectivity index (χ0n) is 24.6. The van der Waals surface area contributed by atoms with Crippen LogP contribution in [0.2, 0.25) is 0 Å². The predicted molar refractivity (Wildman–Crippen MR) is 159 cm³/mol. The van der Waals surface area contributed by atoms with Crippen LogP contribution >= 0.6 is 0 Å². The first kappa shape index (κ1) is 26.4. The number of carbonyl (C=O) groups excluding carboxylic acids is 1. The molecule has 0 aliphatic carbocycles. The number of rotatable bonds is 5. The Hall–Kier alpha value is -3.50. The predicted octanol–water partition coefficient (Wildman–Crippen LogP) is 3.77. The topological polar surface area (TPSA) is 94.9 Å². The molecule has 3 aliphatic heterocycles. The summed E-state index contributed by atoms with van der Waals surface area (Å²) >= 11 is 0. The third-order valence-electron chi connectivity index (χ3n) is 9.66. The molecule has 10 heteroatoms. The van der Waals surface area contributed by atoms with Gasteiger partial charge in [-0.2, -0.15) is 5.10 Å². The lowest BCUT2D eigenvalue weighted by Gasteiger charge is -2.36. The number of nitrogens with one attached hydrogen (secondary N) is 1. The Labute approximate surface area is 240 Å². The molecule has 0 radical (unpaired) electrons. The largest absolute Gasteiger partial charge is 0.381 e. The van der Waals surface area contributed by atoms with Crippen LogP contribution in [0.5, 0.6) is 0 Å². The quantitative estimate of drug-likeness (QED) is 0.400. The molecule has 0 saturated carbocycles. The number of aryl methyl sites for hydroxylation is 1. The van der Waals surface area contributed by atoms with Crippen molar-refractivity contribution in [3.05, 3.63) is 41.3 Å². The van der Waals surface area contributed by atoms with E-state index in [0.717, 1.165) is 105 Å². The standard InChI is InChI=1S/C31H40N8O2/c1-20(2)27-28(23-15-39-30(32-19-33-39)22(4)21(23)3)34-24-5-6-25(35-29(24)27)37-10-12-38(13-11-37)26(40)16-36-9-7-31(17-36)8-14-41-18-31/h5-6,15,19-20,34H,7-14,16-18H2,1-4H3. The summed E-state index contributed by atoms with van der Waals surface area (Å²) in [4.78, 5) is 33.1. The van der Waals surface area contributed by atoms with Crippen LogP contribution in [0.4, 0.5) is 5.82 Å². The van der Waals surface area contributed by atoms with Gasteiger partial charge in [0.25, 0.3) is 0 Å². The molecule has 0 bridgehead atoms. The van der Waals surface area contributed by atoms with Gasteiger partial charge in [-0.15, -0.1) is 0 Å². The Balaban J connectivity index is 1.09. The van der Waals surface area contributed by atoms with Gasteiger partial charge in [-0.25, -0.2) is 14.5 Å². The van der Waals surface area contributed by atoms with Gasteiger partial charge in [0.05, 0.1) is 29.9 Å². The van der Waals surface area contributed by atoms with Crippen LogP contribution < -0.4 is 4.90 Å². The first-order valence-electron chi connectivity index (χ1n) is 15.0. The van der Waals surface area contributed by atoms with Gasteiger partial charge in [0, 0.05) is 62.1 Å². The molecular formula is C31H40N8O2. The summed E-state index contributed by atoms with van der Waals surface area (Å²) < 4.78 is 7.52. The van der Waals surface area contributed by atoms with E-state index in [0.29, 0.717) is 6.54 Å². The van der Waals surface area contributed by atoms with Crippen LogP contribution in [0.3, 0.4) is 0 Å². The summed E-state index contributed by atoms with van der Waals surface area (Å²) in [7, 11) is 0. The Kier molecular flexibility index (Phi) is 6.50. The van der Waals surface area contributed by atoms with Crippen molar-refractivity contribution in [3.8, 4) is 11.3 Å². The van der Waals surface area contributed by atoms with Crippen molar-refractivity contribution in [1.82, 2.24) is 34.4 Å². The molecule has 1 atom stereocenters. The lowest BCUT2D eigenvalue weighted by molar-refractivity contribution is -0.132. The molecule has 10 nitrogen and oxygen atoms in total. The van der Waals surface area contributed by atoms with E-state index in [1.165, 1.54) is 11.1 Å². The van der Waals surface area contributed by atoms with E-state index in [4.69, 9.17) is 9.72 Å². The zero-order chi connectivity index (χ0) is 28.3. The van der Waals surface area contributed by atoms with Crippen molar-refractivity contribution < 1.29 is 9.53 Å². The van der Waals surface area contributed by atoms with E-state index in [2.05, 4.69) is 70.9 Å². The van der Waals surface area contributed by atoms with Crippen molar-refractivity contribution in [1.29, 1.82) is 0 Å². The van der Waals surface area contributed by atoms with Gasteiger partial charge in [-0.05, 0) is 62.4 Å². The van der Waals surface area contributed by atoms with E-state index in [9.17, 15) is 4.79 Å². The number of H-pyrrole nitrogens is 1. The molecular weight excluding hydrogens is 516 g/mol. The van der Waals surface area contributed by atoms with E-state index >= 15 is 0 Å². The maximum absolute atomic E-state index is 13.2. The van der Waals surface area contributed by atoms with Gasteiger partial charge in [0.2, 0.25) is 5.91 Å². The SMILES string of the molecule is Cc1c(-c2[nH]c3ccc(N4CCN(C(=O)CN5CCC6(CCOC6)C5)CC4)nc3c2C(C)C)cn2ncnc2c1C. The third-order valence-corrected chi connectivity index (χ3v) is 9.66. The molecule has 3 aliphatic rings. The van der Waals surface area contributed by atoms with Crippen LogP contribution in [0.25, 0.3) is 27.9 Å². The number of ether oxygens (including phenoxy) is 1. The number of anilines is 1. The molecule has 7 rings (SSSR count). The summed E-state index contributed by atoms with van der Waals surface area (Å²) in [5, 5.41) is 4.41. The fourth-order valence-electron chi connectivity index (χ4n) is 7.09. The van der Waals surface area contributed by atoms with E-state index < -0.39 is 0 Å². The number of aromatic nitrogens is 5. The monoisotopic (exact) mass is 556 g/mol. The summed E-state index contributed by atoms with van der Waals surface area (Å²) in [6.45, 7) is 16.0. The van der Waals surface area contributed by atoms with Crippen molar-refractivity contribution in [2.24, 2.45) is 5.41 Å². The highest BCUT2D eigenvalue weighted by molar-refractivity contribution is 5.90. The minimum Gasteiger partial charge on any atom is -0.381 e. The van der Waals surface area contributed by atoms with Crippen molar-refractivity contribution in [2.75, 3.05) is 63.9 Å². The minimum absolute atomic E-state index is 0.247. The molecule has 0 aromatic carbocycles. The number of piperazine rings is 1. The Bertz CT molecular complexity index is 1610. The second kappa shape index (κ2) is 10.1. The first-order valence-corrected chi connectivity index (χ1v) is 15.0.